The zero-order chi connectivity index (χ0) is 14.7. The minimum absolute atomic E-state index is 0.0208. The zero-order valence-electron chi connectivity index (χ0n) is 10.8. The number of anilines is 2. The molecule has 20 heavy (non-hydrogen) atoms. The summed E-state index contributed by atoms with van der Waals surface area (Å²) in [5, 5.41) is 11.4. The number of halogens is 1. The quantitative estimate of drug-likeness (QED) is 0.841. The summed E-state index contributed by atoms with van der Waals surface area (Å²) in [7, 11) is 0. The summed E-state index contributed by atoms with van der Waals surface area (Å²) in [6, 6.07) is 8.56. The van der Waals surface area contributed by atoms with E-state index in [1.807, 2.05) is 6.07 Å². The van der Waals surface area contributed by atoms with E-state index in [9.17, 15) is 9.18 Å². The van der Waals surface area contributed by atoms with E-state index < -0.39 is 17.8 Å². The molecule has 0 radical (unpaired) electrons. The predicted molar refractivity (Wildman–Crippen MR) is 73.3 cm³/mol. The fraction of sp³-hybridized carbons (Fsp3) is 0.143. The lowest BCUT2D eigenvalue weighted by molar-refractivity contribution is -0.118. The SMILES string of the molecule is CC(C(=O)Nc1cc(N)ccc1F)n1cccc1C#N. The smallest absolute Gasteiger partial charge is 0.247 e. The standard InChI is InChI=1S/C14H13FN4O/c1-9(19-6-2-3-11(19)8-16)14(20)18-13-7-10(17)4-5-12(13)15/h2-7,9H,17H2,1H3,(H,18,20). The third-order valence-corrected chi connectivity index (χ3v) is 2.94. The van der Waals surface area contributed by atoms with Gasteiger partial charge in [0.05, 0.1) is 5.69 Å². The first-order valence-corrected chi connectivity index (χ1v) is 5.95. The molecule has 1 aromatic heterocycles. The Labute approximate surface area is 115 Å². The van der Waals surface area contributed by atoms with Crippen LogP contribution in [0, 0.1) is 17.1 Å². The van der Waals surface area contributed by atoms with Crippen molar-refractivity contribution in [3.63, 3.8) is 0 Å². The van der Waals surface area contributed by atoms with Gasteiger partial charge in [-0.3, -0.25) is 4.79 Å². The maximum Gasteiger partial charge on any atom is 0.247 e. The lowest BCUT2D eigenvalue weighted by atomic mass is 10.2. The number of nitriles is 1. The normalized spacial score (nSPS) is 11.7. The van der Waals surface area contributed by atoms with Gasteiger partial charge in [0.15, 0.2) is 0 Å². The zero-order valence-corrected chi connectivity index (χ0v) is 10.8. The Morgan fingerprint density at radius 2 is 2.25 bits per heavy atom. The van der Waals surface area contributed by atoms with Gasteiger partial charge in [0.25, 0.3) is 0 Å². The molecule has 0 fully saturated rings. The minimum atomic E-state index is -0.638. The highest BCUT2D eigenvalue weighted by atomic mass is 19.1. The highest BCUT2D eigenvalue weighted by molar-refractivity contribution is 5.94. The molecule has 1 heterocycles. The highest BCUT2D eigenvalue weighted by Gasteiger charge is 2.18. The first kappa shape index (κ1) is 13.6. The Balaban J connectivity index is 2.20. The Hall–Kier alpha value is -2.81. The Bertz CT molecular complexity index is 687. The van der Waals surface area contributed by atoms with Crippen LogP contribution in [0.5, 0.6) is 0 Å². The molecule has 0 aliphatic carbocycles. The molecule has 0 spiro atoms. The molecule has 0 saturated heterocycles. The molecule has 3 N–H and O–H groups in total. The van der Waals surface area contributed by atoms with Gasteiger partial charge in [-0.15, -0.1) is 0 Å². The summed E-state index contributed by atoms with van der Waals surface area (Å²) >= 11 is 0. The number of amides is 1. The molecule has 102 valence electrons. The summed E-state index contributed by atoms with van der Waals surface area (Å²) in [5.41, 5.74) is 6.29. The van der Waals surface area contributed by atoms with E-state index in [2.05, 4.69) is 5.32 Å². The van der Waals surface area contributed by atoms with Gasteiger partial charge in [0, 0.05) is 11.9 Å². The average Bonchev–Trinajstić information content (AvgIpc) is 2.90. The molecule has 1 unspecified atom stereocenters. The Kier molecular flexibility index (Phi) is 3.71. The number of benzene rings is 1. The average molecular weight is 272 g/mol. The highest BCUT2D eigenvalue weighted by Crippen LogP contribution is 2.20. The van der Waals surface area contributed by atoms with Crippen molar-refractivity contribution in [1.82, 2.24) is 4.57 Å². The monoisotopic (exact) mass is 272 g/mol. The van der Waals surface area contributed by atoms with Crippen LogP contribution in [-0.2, 0) is 4.79 Å². The van der Waals surface area contributed by atoms with Crippen molar-refractivity contribution in [3.8, 4) is 6.07 Å². The van der Waals surface area contributed by atoms with Crippen molar-refractivity contribution in [2.45, 2.75) is 13.0 Å². The second-order valence-electron chi connectivity index (χ2n) is 4.32. The van der Waals surface area contributed by atoms with Crippen LogP contribution in [0.3, 0.4) is 0 Å². The first-order valence-electron chi connectivity index (χ1n) is 5.95. The molecule has 2 rings (SSSR count). The fourth-order valence-electron chi connectivity index (χ4n) is 1.83. The van der Waals surface area contributed by atoms with Crippen LogP contribution >= 0.6 is 0 Å². The summed E-state index contributed by atoms with van der Waals surface area (Å²) in [4.78, 5) is 12.1. The van der Waals surface area contributed by atoms with Gasteiger partial charge in [-0.25, -0.2) is 4.39 Å². The van der Waals surface area contributed by atoms with E-state index in [4.69, 9.17) is 11.0 Å². The number of nitrogens with one attached hydrogen (secondary N) is 1. The largest absolute Gasteiger partial charge is 0.399 e. The number of nitrogens with zero attached hydrogens (tertiary/aromatic N) is 2. The molecular weight excluding hydrogens is 259 g/mol. The minimum Gasteiger partial charge on any atom is -0.399 e. The first-order chi connectivity index (χ1) is 9.52. The predicted octanol–water partition coefficient (Wildman–Crippen LogP) is 2.28. The van der Waals surface area contributed by atoms with E-state index in [-0.39, 0.29) is 5.69 Å². The number of nitrogen functional groups attached to an aromatic ring is 1. The topological polar surface area (TPSA) is 83.8 Å². The van der Waals surface area contributed by atoms with Gasteiger partial charge in [-0.2, -0.15) is 5.26 Å². The van der Waals surface area contributed by atoms with Gasteiger partial charge in [0.1, 0.15) is 23.6 Å². The fourth-order valence-corrected chi connectivity index (χ4v) is 1.83. The van der Waals surface area contributed by atoms with E-state index in [1.54, 1.807) is 25.3 Å². The van der Waals surface area contributed by atoms with Crippen molar-refractivity contribution < 1.29 is 9.18 Å². The molecule has 0 saturated carbocycles. The molecule has 1 atom stereocenters. The van der Waals surface area contributed by atoms with Gasteiger partial charge in [0.2, 0.25) is 5.91 Å². The number of hydrogen-bond acceptors (Lipinski definition) is 3. The lowest BCUT2D eigenvalue weighted by Crippen LogP contribution is -2.24. The maximum atomic E-state index is 13.6. The number of carbonyl (C=O) groups excluding carboxylic acids is 1. The van der Waals surface area contributed by atoms with Crippen LogP contribution in [0.2, 0.25) is 0 Å². The van der Waals surface area contributed by atoms with Gasteiger partial charge in [-0.05, 0) is 37.3 Å². The maximum absolute atomic E-state index is 13.6. The summed E-state index contributed by atoms with van der Waals surface area (Å²) < 4.78 is 15.1. The van der Waals surface area contributed by atoms with Crippen molar-refractivity contribution >= 4 is 17.3 Å². The van der Waals surface area contributed by atoms with E-state index in [0.29, 0.717) is 11.4 Å². The second-order valence-corrected chi connectivity index (χ2v) is 4.32. The third-order valence-electron chi connectivity index (χ3n) is 2.94. The van der Waals surface area contributed by atoms with Crippen LogP contribution in [0.1, 0.15) is 18.7 Å². The molecule has 1 aromatic carbocycles. The van der Waals surface area contributed by atoms with Gasteiger partial charge in [-0.1, -0.05) is 0 Å². The number of rotatable bonds is 3. The molecule has 5 nitrogen and oxygen atoms in total. The number of nitrogens with two attached hydrogens (primary N) is 1. The molecule has 2 aromatic rings. The molecule has 0 aliphatic heterocycles. The van der Waals surface area contributed by atoms with Crippen molar-refractivity contribution in [1.29, 1.82) is 5.26 Å². The van der Waals surface area contributed by atoms with Crippen LogP contribution in [0.25, 0.3) is 0 Å². The Morgan fingerprint density at radius 3 is 2.95 bits per heavy atom. The summed E-state index contributed by atoms with van der Waals surface area (Å²) in [6.45, 7) is 1.63. The van der Waals surface area contributed by atoms with Crippen LogP contribution in [0.15, 0.2) is 36.5 Å². The van der Waals surface area contributed by atoms with Crippen molar-refractivity contribution in [2.75, 3.05) is 11.1 Å². The number of hydrogen-bond donors (Lipinski definition) is 2. The molecule has 6 heteroatoms. The number of carbonyl (C=O) groups is 1. The van der Waals surface area contributed by atoms with Crippen molar-refractivity contribution in [3.05, 3.63) is 48.0 Å². The summed E-state index contributed by atoms with van der Waals surface area (Å²) in [6.07, 6.45) is 1.62. The molecule has 0 bridgehead atoms. The van der Waals surface area contributed by atoms with E-state index in [1.165, 1.54) is 22.8 Å². The van der Waals surface area contributed by atoms with Crippen LogP contribution in [-0.4, -0.2) is 10.5 Å². The molecular formula is C14H13FN4O. The van der Waals surface area contributed by atoms with Crippen LogP contribution in [0.4, 0.5) is 15.8 Å². The van der Waals surface area contributed by atoms with E-state index >= 15 is 0 Å². The molecule has 0 aliphatic rings. The van der Waals surface area contributed by atoms with E-state index in [0.717, 1.165) is 0 Å². The number of aromatic nitrogens is 1. The van der Waals surface area contributed by atoms with Gasteiger partial charge < -0.3 is 15.6 Å². The lowest BCUT2D eigenvalue weighted by Gasteiger charge is -2.15. The second kappa shape index (κ2) is 5.45. The van der Waals surface area contributed by atoms with Crippen molar-refractivity contribution in [2.24, 2.45) is 0 Å². The van der Waals surface area contributed by atoms with Crippen LogP contribution < -0.4 is 11.1 Å². The van der Waals surface area contributed by atoms with Gasteiger partial charge >= 0.3 is 0 Å². The summed E-state index contributed by atoms with van der Waals surface area (Å²) in [5.74, 6) is -0.991. The third kappa shape index (κ3) is 2.62. The molecule has 1 amide bonds. The Morgan fingerprint density at radius 1 is 1.50 bits per heavy atom.